The van der Waals surface area contributed by atoms with Gasteiger partial charge in [-0.05, 0) is 55.0 Å². The minimum Gasteiger partial charge on any atom is -0.314 e. The normalized spacial score (nSPS) is 18.0. The number of nitrogens with one attached hydrogen (secondary N) is 1. The molecule has 0 unspecified atom stereocenters. The largest absolute Gasteiger partial charge is 0.314 e. The van der Waals surface area contributed by atoms with Crippen LogP contribution in [0.15, 0.2) is 36.5 Å². The zero-order valence-electron chi connectivity index (χ0n) is 15.5. The maximum absolute atomic E-state index is 14.0. The molecule has 2 aliphatic rings. The van der Waals surface area contributed by atoms with Crippen LogP contribution in [0.2, 0.25) is 0 Å². The molecule has 3 aromatic rings. The summed E-state index contributed by atoms with van der Waals surface area (Å²) in [5, 5.41) is 3.40. The molecule has 1 aromatic carbocycles. The van der Waals surface area contributed by atoms with E-state index in [0.29, 0.717) is 0 Å². The number of pyridine rings is 1. The molecule has 2 aromatic heterocycles. The average molecular weight is 364 g/mol. The van der Waals surface area contributed by atoms with E-state index in [1.165, 1.54) is 36.5 Å². The number of fused-ring (bicyclic) bond motifs is 2. The molecule has 4 nitrogen and oxygen atoms in total. The van der Waals surface area contributed by atoms with Crippen LogP contribution < -0.4 is 5.32 Å². The number of imidazole rings is 1. The van der Waals surface area contributed by atoms with Crippen LogP contribution in [0.25, 0.3) is 16.9 Å². The highest BCUT2D eigenvalue weighted by atomic mass is 19.1. The van der Waals surface area contributed by atoms with Crippen LogP contribution in [0.4, 0.5) is 4.39 Å². The van der Waals surface area contributed by atoms with Crippen LogP contribution in [-0.2, 0) is 19.4 Å². The zero-order valence-corrected chi connectivity index (χ0v) is 15.5. The van der Waals surface area contributed by atoms with Gasteiger partial charge in [0, 0.05) is 44.5 Å². The molecule has 0 bridgehead atoms. The average Bonchev–Trinajstić information content (AvgIpc) is 3.06. The van der Waals surface area contributed by atoms with Crippen molar-refractivity contribution < 1.29 is 4.39 Å². The van der Waals surface area contributed by atoms with Crippen molar-refractivity contribution in [1.29, 1.82) is 0 Å². The number of hydrogen-bond donors (Lipinski definition) is 1. The first-order valence-corrected chi connectivity index (χ1v) is 10.00. The fraction of sp³-hybridized carbons (Fsp3) is 0.409. The fourth-order valence-electron chi connectivity index (χ4n) is 4.41. The Labute approximate surface area is 159 Å². The number of hydrogen-bond acceptors (Lipinski definition) is 3. The summed E-state index contributed by atoms with van der Waals surface area (Å²) < 4.78 is 15.9. The van der Waals surface area contributed by atoms with E-state index in [-0.39, 0.29) is 5.82 Å². The molecule has 140 valence electrons. The number of piperazine rings is 1. The lowest BCUT2D eigenvalue weighted by Gasteiger charge is -2.27. The SMILES string of the molecule is Fc1ccc2nc(-c3ccc4c(c3)CCCC4)c(CN3CCNCC3)n2c1. The van der Waals surface area contributed by atoms with Crippen molar-refractivity contribution in [3.8, 4) is 11.3 Å². The Bertz CT molecular complexity index is 972. The van der Waals surface area contributed by atoms with Gasteiger partial charge in [-0.15, -0.1) is 0 Å². The predicted molar refractivity (Wildman–Crippen MR) is 105 cm³/mol. The van der Waals surface area contributed by atoms with Gasteiger partial charge in [0.15, 0.2) is 0 Å². The Morgan fingerprint density at radius 3 is 2.67 bits per heavy atom. The number of halogens is 1. The molecule has 5 rings (SSSR count). The molecular weight excluding hydrogens is 339 g/mol. The van der Waals surface area contributed by atoms with E-state index >= 15 is 0 Å². The summed E-state index contributed by atoms with van der Waals surface area (Å²) in [5.41, 5.74) is 6.98. The summed E-state index contributed by atoms with van der Waals surface area (Å²) in [7, 11) is 0. The highest BCUT2D eigenvalue weighted by molar-refractivity contribution is 5.68. The number of nitrogens with zero attached hydrogens (tertiary/aromatic N) is 3. The summed E-state index contributed by atoms with van der Waals surface area (Å²) in [6.07, 6.45) is 6.45. The lowest BCUT2D eigenvalue weighted by Crippen LogP contribution is -2.43. The zero-order chi connectivity index (χ0) is 18.2. The molecule has 27 heavy (non-hydrogen) atoms. The Morgan fingerprint density at radius 1 is 1.00 bits per heavy atom. The summed E-state index contributed by atoms with van der Waals surface area (Å²) in [6.45, 7) is 4.80. The summed E-state index contributed by atoms with van der Waals surface area (Å²) >= 11 is 0. The van der Waals surface area contributed by atoms with E-state index in [4.69, 9.17) is 4.98 Å². The van der Waals surface area contributed by atoms with Gasteiger partial charge >= 0.3 is 0 Å². The summed E-state index contributed by atoms with van der Waals surface area (Å²) in [4.78, 5) is 7.32. The van der Waals surface area contributed by atoms with Gasteiger partial charge in [0.2, 0.25) is 0 Å². The minimum atomic E-state index is -0.224. The van der Waals surface area contributed by atoms with Crippen LogP contribution in [0.1, 0.15) is 29.7 Å². The van der Waals surface area contributed by atoms with Gasteiger partial charge in [-0.3, -0.25) is 9.30 Å². The van der Waals surface area contributed by atoms with Gasteiger partial charge in [-0.1, -0.05) is 12.1 Å². The van der Waals surface area contributed by atoms with Crippen molar-refractivity contribution in [2.75, 3.05) is 26.2 Å². The molecule has 5 heteroatoms. The van der Waals surface area contributed by atoms with E-state index in [2.05, 4.69) is 28.4 Å². The van der Waals surface area contributed by atoms with Crippen molar-refractivity contribution in [1.82, 2.24) is 19.6 Å². The van der Waals surface area contributed by atoms with Crippen molar-refractivity contribution in [2.45, 2.75) is 32.2 Å². The maximum atomic E-state index is 14.0. The molecule has 0 atom stereocenters. The van der Waals surface area contributed by atoms with Crippen molar-refractivity contribution in [2.24, 2.45) is 0 Å². The monoisotopic (exact) mass is 364 g/mol. The van der Waals surface area contributed by atoms with Crippen LogP contribution in [0.5, 0.6) is 0 Å². The van der Waals surface area contributed by atoms with E-state index in [1.807, 2.05) is 4.40 Å². The third-order valence-corrected chi connectivity index (χ3v) is 5.89. The van der Waals surface area contributed by atoms with E-state index < -0.39 is 0 Å². The smallest absolute Gasteiger partial charge is 0.139 e. The second-order valence-corrected chi connectivity index (χ2v) is 7.70. The maximum Gasteiger partial charge on any atom is 0.139 e. The van der Waals surface area contributed by atoms with Crippen LogP contribution >= 0.6 is 0 Å². The van der Waals surface area contributed by atoms with Gasteiger partial charge in [0.1, 0.15) is 11.5 Å². The van der Waals surface area contributed by atoms with E-state index in [1.54, 1.807) is 12.3 Å². The third kappa shape index (κ3) is 3.26. The van der Waals surface area contributed by atoms with Crippen LogP contribution in [0, 0.1) is 5.82 Å². The lowest BCUT2D eigenvalue weighted by atomic mass is 9.90. The first kappa shape index (κ1) is 16.9. The Kier molecular flexibility index (Phi) is 4.42. The minimum absolute atomic E-state index is 0.224. The number of aromatic nitrogens is 2. The van der Waals surface area contributed by atoms with Gasteiger partial charge < -0.3 is 5.32 Å². The number of aryl methyl sites for hydroxylation is 2. The third-order valence-electron chi connectivity index (χ3n) is 5.89. The van der Waals surface area contributed by atoms with Crippen LogP contribution in [0.3, 0.4) is 0 Å². The molecule has 1 aliphatic carbocycles. The Hall–Kier alpha value is -2.24. The highest BCUT2D eigenvalue weighted by Crippen LogP contribution is 2.30. The van der Waals surface area contributed by atoms with Crippen LogP contribution in [-0.4, -0.2) is 40.5 Å². The quantitative estimate of drug-likeness (QED) is 0.773. The molecule has 0 saturated carbocycles. The first-order valence-electron chi connectivity index (χ1n) is 10.00. The van der Waals surface area contributed by atoms with Gasteiger partial charge in [0.05, 0.1) is 11.4 Å². The molecule has 1 saturated heterocycles. The van der Waals surface area contributed by atoms with Crippen molar-refractivity contribution in [3.05, 3.63) is 59.2 Å². The second-order valence-electron chi connectivity index (χ2n) is 7.70. The Balaban J connectivity index is 1.61. The molecule has 1 N–H and O–H groups in total. The topological polar surface area (TPSA) is 32.6 Å². The number of benzene rings is 1. The van der Waals surface area contributed by atoms with Crippen molar-refractivity contribution in [3.63, 3.8) is 0 Å². The lowest BCUT2D eigenvalue weighted by molar-refractivity contribution is 0.230. The molecule has 3 heterocycles. The van der Waals surface area contributed by atoms with Gasteiger partial charge in [-0.2, -0.15) is 0 Å². The van der Waals surface area contributed by atoms with Crippen molar-refractivity contribution >= 4 is 5.65 Å². The molecule has 0 amide bonds. The van der Waals surface area contributed by atoms with Gasteiger partial charge in [0.25, 0.3) is 0 Å². The highest BCUT2D eigenvalue weighted by Gasteiger charge is 2.20. The Morgan fingerprint density at radius 2 is 1.81 bits per heavy atom. The molecular formula is C22H25FN4. The standard InChI is InChI=1S/C22H25FN4/c23-19-7-8-21-25-22(18-6-5-16-3-1-2-4-17(16)13-18)20(27(21)14-19)15-26-11-9-24-10-12-26/h5-8,13-14,24H,1-4,9-12,15H2. The predicted octanol–water partition coefficient (Wildman–Crippen LogP) is 3.42. The van der Waals surface area contributed by atoms with E-state index in [0.717, 1.165) is 61.7 Å². The molecule has 1 fully saturated rings. The molecule has 0 radical (unpaired) electrons. The summed E-state index contributed by atoms with van der Waals surface area (Å²) in [6, 6.07) is 10.0. The summed E-state index contributed by atoms with van der Waals surface area (Å²) in [5.74, 6) is -0.224. The molecule has 0 spiro atoms. The second kappa shape index (κ2) is 7.06. The number of rotatable bonds is 3. The fourth-order valence-corrected chi connectivity index (χ4v) is 4.41. The van der Waals surface area contributed by atoms with Gasteiger partial charge in [-0.25, -0.2) is 9.37 Å². The first-order chi connectivity index (χ1) is 13.3. The molecule has 1 aliphatic heterocycles. The van der Waals surface area contributed by atoms with E-state index in [9.17, 15) is 4.39 Å².